The van der Waals surface area contributed by atoms with E-state index in [1.165, 1.54) is 0 Å². The van der Waals surface area contributed by atoms with Crippen LogP contribution in [0, 0.1) is 0 Å². The van der Waals surface area contributed by atoms with Gasteiger partial charge in [0.2, 0.25) is 0 Å². The third kappa shape index (κ3) is 8.70. The molecule has 9 aromatic carbocycles. The van der Waals surface area contributed by atoms with E-state index in [2.05, 4.69) is 153 Å². The summed E-state index contributed by atoms with van der Waals surface area (Å²) in [5.41, 5.74) is 12.0. The van der Waals surface area contributed by atoms with Crippen molar-refractivity contribution in [1.29, 1.82) is 0 Å². The molecular weight excluding hydrogens is 873 g/mol. The van der Waals surface area contributed by atoms with E-state index < -0.39 is 0 Å². The van der Waals surface area contributed by atoms with Crippen LogP contribution in [0.3, 0.4) is 0 Å². The maximum absolute atomic E-state index is 5.57. The summed E-state index contributed by atoms with van der Waals surface area (Å²) in [6.45, 7) is 0. The fourth-order valence-corrected chi connectivity index (χ4v) is 9.04. The van der Waals surface area contributed by atoms with Crippen molar-refractivity contribution >= 4 is 73.0 Å². The number of methoxy groups -OCH3 is 6. The number of fused-ring (bicyclic) bond motifs is 3. The second-order valence-corrected chi connectivity index (χ2v) is 16.4. The highest BCUT2D eigenvalue weighted by Crippen LogP contribution is 2.44. The fraction of sp³-hybridized carbons (Fsp3) is 0.100. The number of nitrogens with zero attached hydrogens (tertiary/aromatic N) is 4. The Morgan fingerprint density at radius 1 is 0.243 bits per heavy atom. The van der Waals surface area contributed by atoms with Crippen LogP contribution < -0.4 is 43.1 Å². The van der Waals surface area contributed by atoms with E-state index in [1.54, 1.807) is 42.7 Å². The summed E-state index contributed by atoms with van der Waals surface area (Å²) in [5, 5.41) is 2.15. The Kier molecular flexibility index (Phi) is 12.6. The molecule has 10 aromatic rings. The van der Waals surface area contributed by atoms with Gasteiger partial charge in [-0.05, 0) is 206 Å². The van der Waals surface area contributed by atoms with E-state index in [0.29, 0.717) is 0 Å². The first-order chi connectivity index (χ1) is 34.4. The lowest BCUT2D eigenvalue weighted by molar-refractivity contribution is 0.414. The molecule has 0 spiro atoms. The zero-order valence-corrected chi connectivity index (χ0v) is 39.9. The molecule has 10 rings (SSSR count). The third-order valence-electron chi connectivity index (χ3n) is 12.6. The lowest BCUT2D eigenvalue weighted by Crippen LogP contribution is -2.10. The first-order valence-corrected chi connectivity index (χ1v) is 22.8. The van der Waals surface area contributed by atoms with E-state index in [1.807, 2.05) is 72.8 Å². The molecule has 1 heterocycles. The molecule has 70 heavy (non-hydrogen) atoms. The van der Waals surface area contributed by atoms with Crippen molar-refractivity contribution in [3.63, 3.8) is 0 Å². The summed E-state index contributed by atoms with van der Waals surface area (Å²) < 4.78 is 35.7. The van der Waals surface area contributed by atoms with Crippen LogP contribution in [0.5, 0.6) is 34.5 Å². The lowest BCUT2D eigenvalue weighted by Gasteiger charge is -2.26. The number of aromatic nitrogens is 1. The van der Waals surface area contributed by atoms with Crippen molar-refractivity contribution in [1.82, 2.24) is 4.57 Å². The molecule has 0 amide bonds. The Balaban J connectivity index is 1.17. The summed E-state index contributed by atoms with van der Waals surface area (Å²) in [5.74, 6) is 4.71. The van der Waals surface area contributed by atoms with Crippen molar-refractivity contribution in [2.75, 3.05) is 57.4 Å². The standard InChI is InChI=1S/C60H52N4O6/c1-65-51-25-11-42(12-26-51)61(43-13-27-52(66-2)28-14-43)41-7-9-48(10-8-41)64-59-37-23-49(62(44-15-29-53(67-3)30-16-44)45-17-31-54(68-4)32-18-45)39-57(59)58-40-50(24-38-60(58)64)63(46-19-33-55(69-5)34-20-46)47-21-35-56(70-6)36-22-47/h7-40H,1-6H3. The normalized spacial score (nSPS) is 11.0. The quantitative estimate of drug-likeness (QED) is 0.0942. The van der Waals surface area contributed by atoms with Gasteiger partial charge < -0.3 is 47.7 Å². The highest BCUT2D eigenvalue weighted by atomic mass is 16.5. The number of benzene rings is 9. The molecule has 0 unspecified atom stereocenters. The van der Waals surface area contributed by atoms with Gasteiger partial charge in [-0.25, -0.2) is 0 Å². The molecule has 1 aromatic heterocycles. The van der Waals surface area contributed by atoms with Crippen molar-refractivity contribution < 1.29 is 28.4 Å². The topological polar surface area (TPSA) is 70.0 Å². The van der Waals surface area contributed by atoms with E-state index in [-0.39, 0.29) is 0 Å². The highest BCUT2D eigenvalue weighted by Gasteiger charge is 2.22. The first-order valence-electron chi connectivity index (χ1n) is 22.8. The third-order valence-corrected chi connectivity index (χ3v) is 12.6. The summed E-state index contributed by atoms with van der Waals surface area (Å²) in [6, 6.07) is 70.9. The summed E-state index contributed by atoms with van der Waals surface area (Å²) in [6.07, 6.45) is 0. The first kappa shape index (κ1) is 44.8. The molecule has 10 nitrogen and oxygen atoms in total. The number of ether oxygens (including phenoxy) is 6. The maximum Gasteiger partial charge on any atom is 0.119 e. The Bertz CT molecular complexity index is 3060. The predicted octanol–water partition coefficient (Wildman–Crippen LogP) is 15.2. The van der Waals surface area contributed by atoms with E-state index in [0.717, 1.165) is 113 Å². The average Bonchev–Trinajstić information content (AvgIpc) is 3.75. The zero-order chi connectivity index (χ0) is 48.1. The fourth-order valence-electron chi connectivity index (χ4n) is 9.04. The van der Waals surface area contributed by atoms with Crippen molar-refractivity contribution in [2.45, 2.75) is 0 Å². The van der Waals surface area contributed by atoms with Gasteiger partial charge in [-0.1, -0.05) is 0 Å². The Morgan fingerprint density at radius 2 is 0.443 bits per heavy atom. The maximum atomic E-state index is 5.57. The van der Waals surface area contributed by atoms with Crippen LogP contribution in [0.4, 0.5) is 51.2 Å². The summed E-state index contributed by atoms with van der Waals surface area (Å²) >= 11 is 0. The number of hydrogen-bond acceptors (Lipinski definition) is 9. The van der Waals surface area contributed by atoms with E-state index in [9.17, 15) is 0 Å². The Morgan fingerprint density at radius 3 is 0.671 bits per heavy atom. The van der Waals surface area contributed by atoms with E-state index >= 15 is 0 Å². The molecule has 0 atom stereocenters. The smallest absolute Gasteiger partial charge is 0.119 e. The van der Waals surface area contributed by atoms with Gasteiger partial charge in [0, 0.05) is 67.6 Å². The summed E-state index contributed by atoms with van der Waals surface area (Å²) in [7, 11) is 10.1. The molecule has 0 aliphatic heterocycles. The van der Waals surface area contributed by atoms with Gasteiger partial charge in [0.15, 0.2) is 0 Å². The molecular formula is C60H52N4O6. The SMILES string of the molecule is COc1ccc(N(c2ccc(OC)cc2)c2ccc(-n3c4ccc(N(c5ccc(OC)cc5)c5ccc(OC)cc5)cc4c4cc(N(c5ccc(OC)cc5)c5ccc(OC)cc5)ccc43)cc2)cc1. The highest BCUT2D eigenvalue weighted by molar-refractivity contribution is 6.12. The van der Waals surface area contributed by atoms with Gasteiger partial charge in [0.05, 0.1) is 53.7 Å². The minimum absolute atomic E-state index is 0.782. The minimum atomic E-state index is 0.782. The number of rotatable bonds is 16. The molecule has 0 N–H and O–H groups in total. The van der Waals surface area contributed by atoms with Crippen LogP contribution in [0.15, 0.2) is 206 Å². The van der Waals surface area contributed by atoms with Crippen LogP contribution in [-0.4, -0.2) is 47.2 Å². The van der Waals surface area contributed by atoms with Crippen LogP contribution in [-0.2, 0) is 0 Å². The number of hydrogen-bond donors (Lipinski definition) is 0. The molecule has 0 aliphatic rings. The molecule has 0 radical (unpaired) electrons. The van der Waals surface area contributed by atoms with Gasteiger partial charge in [-0.3, -0.25) is 0 Å². The molecule has 0 saturated heterocycles. The van der Waals surface area contributed by atoms with E-state index in [4.69, 9.17) is 28.4 Å². The molecule has 0 bridgehead atoms. The van der Waals surface area contributed by atoms with Crippen molar-refractivity contribution in [3.05, 3.63) is 206 Å². The predicted molar refractivity (Wildman–Crippen MR) is 284 cm³/mol. The molecule has 0 fully saturated rings. The van der Waals surface area contributed by atoms with Crippen LogP contribution in [0.2, 0.25) is 0 Å². The minimum Gasteiger partial charge on any atom is -0.497 e. The molecule has 0 saturated carbocycles. The second kappa shape index (κ2) is 19.7. The Hall–Kier alpha value is -9.02. The van der Waals surface area contributed by atoms with Gasteiger partial charge in [-0.2, -0.15) is 0 Å². The average molecular weight is 925 g/mol. The van der Waals surface area contributed by atoms with Gasteiger partial charge in [0.1, 0.15) is 34.5 Å². The Labute approximate surface area is 408 Å². The van der Waals surface area contributed by atoms with Crippen LogP contribution >= 0.6 is 0 Å². The molecule has 0 aliphatic carbocycles. The zero-order valence-electron chi connectivity index (χ0n) is 39.9. The molecule has 10 heteroatoms. The number of anilines is 9. The summed E-state index contributed by atoms with van der Waals surface area (Å²) in [4.78, 5) is 6.75. The van der Waals surface area contributed by atoms with Gasteiger partial charge >= 0.3 is 0 Å². The lowest BCUT2D eigenvalue weighted by atomic mass is 10.1. The van der Waals surface area contributed by atoms with Crippen molar-refractivity contribution in [3.8, 4) is 40.2 Å². The molecule has 348 valence electrons. The second-order valence-electron chi connectivity index (χ2n) is 16.4. The van der Waals surface area contributed by atoms with Crippen LogP contribution in [0.25, 0.3) is 27.5 Å². The van der Waals surface area contributed by atoms with Crippen molar-refractivity contribution in [2.24, 2.45) is 0 Å². The van der Waals surface area contributed by atoms with Gasteiger partial charge in [0.25, 0.3) is 0 Å². The van der Waals surface area contributed by atoms with Crippen LogP contribution in [0.1, 0.15) is 0 Å². The van der Waals surface area contributed by atoms with Gasteiger partial charge in [-0.15, -0.1) is 0 Å². The monoisotopic (exact) mass is 924 g/mol. The largest absolute Gasteiger partial charge is 0.497 e.